The highest BCUT2D eigenvalue weighted by Crippen LogP contribution is 2.24. The number of para-hydroxylation sites is 1. The van der Waals surface area contributed by atoms with Gasteiger partial charge in [-0.3, -0.25) is 15.0 Å². The van der Waals surface area contributed by atoms with Gasteiger partial charge in [0.1, 0.15) is 17.5 Å². The number of carboxylic acid groups (broad SMARTS) is 1. The van der Waals surface area contributed by atoms with E-state index < -0.39 is 17.9 Å². The number of amides is 1. The molecule has 0 spiro atoms. The van der Waals surface area contributed by atoms with E-state index in [1.807, 2.05) is 12.1 Å². The summed E-state index contributed by atoms with van der Waals surface area (Å²) in [6.07, 6.45) is 0. The van der Waals surface area contributed by atoms with E-state index in [-0.39, 0.29) is 5.69 Å². The van der Waals surface area contributed by atoms with Crippen LogP contribution in [-0.2, 0) is 4.79 Å². The summed E-state index contributed by atoms with van der Waals surface area (Å²) in [5, 5.41) is 9.53. The first-order chi connectivity index (χ1) is 10.0. The maximum absolute atomic E-state index is 12.0. The van der Waals surface area contributed by atoms with E-state index in [0.717, 1.165) is 5.39 Å². The molecule has 1 heterocycles. The molecular formula is C14H15N3O4. The number of rotatable bonds is 5. The van der Waals surface area contributed by atoms with Gasteiger partial charge in [0.05, 0.1) is 12.6 Å². The Morgan fingerprint density at radius 2 is 2.05 bits per heavy atom. The lowest BCUT2D eigenvalue weighted by atomic mass is 10.2. The van der Waals surface area contributed by atoms with Crippen LogP contribution in [0, 0.1) is 0 Å². The maximum atomic E-state index is 12.0. The average molecular weight is 289 g/mol. The number of aromatic nitrogens is 1. The third-order valence-corrected chi connectivity index (χ3v) is 2.90. The van der Waals surface area contributed by atoms with Gasteiger partial charge in [0.15, 0.2) is 0 Å². The predicted octanol–water partition coefficient (Wildman–Crippen LogP) is 0.951. The van der Waals surface area contributed by atoms with Crippen molar-refractivity contribution in [2.45, 2.75) is 13.0 Å². The Morgan fingerprint density at radius 1 is 1.33 bits per heavy atom. The summed E-state index contributed by atoms with van der Waals surface area (Å²) in [5.74, 6) is -1.08. The van der Waals surface area contributed by atoms with E-state index in [1.54, 1.807) is 12.1 Å². The molecule has 1 amide bonds. The topological polar surface area (TPSA) is 101 Å². The monoisotopic (exact) mass is 289 g/mol. The van der Waals surface area contributed by atoms with E-state index in [1.165, 1.54) is 20.1 Å². The molecule has 7 heteroatoms. The summed E-state index contributed by atoms with van der Waals surface area (Å²) < 4.78 is 5.25. The number of pyridine rings is 1. The standard InChI is InChI=1S/C14H15N3O4/c1-8(14(19)20)16-17-13(18)11-7-12(21-2)9-5-3-4-6-10(9)15-11/h3-8,16H,1-2H3,(H,17,18)(H,19,20)/t8-/m0/s1. The molecule has 0 radical (unpaired) electrons. The van der Waals surface area contributed by atoms with Gasteiger partial charge in [-0.05, 0) is 19.1 Å². The summed E-state index contributed by atoms with van der Waals surface area (Å²) in [4.78, 5) is 26.9. The van der Waals surface area contributed by atoms with Crippen LogP contribution in [0.5, 0.6) is 5.75 Å². The van der Waals surface area contributed by atoms with Gasteiger partial charge in [0, 0.05) is 11.5 Å². The highest BCUT2D eigenvalue weighted by atomic mass is 16.5. The Balaban J connectivity index is 2.25. The molecule has 0 unspecified atom stereocenters. The number of hydrogen-bond donors (Lipinski definition) is 3. The third kappa shape index (κ3) is 3.26. The molecule has 0 bridgehead atoms. The fourth-order valence-corrected chi connectivity index (χ4v) is 1.73. The van der Waals surface area contributed by atoms with Crippen molar-refractivity contribution < 1.29 is 19.4 Å². The second-order valence-corrected chi connectivity index (χ2v) is 4.39. The maximum Gasteiger partial charge on any atom is 0.322 e. The van der Waals surface area contributed by atoms with E-state index in [0.29, 0.717) is 11.3 Å². The molecule has 3 N–H and O–H groups in total. The highest BCUT2D eigenvalue weighted by molar-refractivity contribution is 5.96. The highest BCUT2D eigenvalue weighted by Gasteiger charge is 2.15. The van der Waals surface area contributed by atoms with Crippen molar-refractivity contribution in [3.63, 3.8) is 0 Å². The summed E-state index contributed by atoms with van der Waals surface area (Å²) >= 11 is 0. The molecule has 1 atom stereocenters. The SMILES string of the molecule is COc1cc(C(=O)NN[C@@H](C)C(=O)O)nc2ccccc12. The molecule has 0 saturated carbocycles. The molecule has 0 aliphatic rings. The minimum Gasteiger partial charge on any atom is -0.496 e. The number of methoxy groups -OCH3 is 1. The number of carboxylic acids is 1. The van der Waals surface area contributed by atoms with Gasteiger partial charge in [-0.15, -0.1) is 0 Å². The lowest BCUT2D eigenvalue weighted by Crippen LogP contribution is -2.46. The molecule has 1 aromatic carbocycles. The predicted molar refractivity (Wildman–Crippen MR) is 76.0 cm³/mol. The minimum atomic E-state index is -1.07. The van der Waals surface area contributed by atoms with Gasteiger partial charge < -0.3 is 9.84 Å². The van der Waals surface area contributed by atoms with Crippen LogP contribution >= 0.6 is 0 Å². The van der Waals surface area contributed by atoms with E-state index in [9.17, 15) is 9.59 Å². The zero-order chi connectivity index (χ0) is 15.4. The number of nitrogens with zero attached hydrogens (tertiary/aromatic N) is 1. The van der Waals surface area contributed by atoms with Crippen molar-refractivity contribution in [1.82, 2.24) is 15.8 Å². The van der Waals surface area contributed by atoms with Crippen LogP contribution in [-0.4, -0.2) is 35.1 Å². The van der Waals surface area contributed by atoms with Crippen LogP contribution < -0.4 is 15.6 Å². The van der Waals surface area contributed by atoms with Crippen LogP contribution in [0.4, 0.5) is 0 Å². The Hall–Kier alpha value is -2.67. The first-order valence-electron chi connectivity index (χ1n) is 6.25. The minimum absolute atomic E-state index is 0.135. The van der Waals surface area contributed by atoms with Gasteiger partial charge in [-0.1, -0.05) is 12.1 Å². The molecule has 2 rings (SSSR count). The quantitative estimate of drug-likeness (QED) is 0.709. The third-order valence-electron chi connectivity index (χ3n) is 2.90. The van der Waals surface area contributed by atoms with Crippen LogP contribution in [0.1, 0.15) is 17.4 Å². The lowest BCUT2D eigenvalue weighted by Gasteiger charge is -2.11. The molecule has 1 aromatic heterocycles. The van der Waals surface area contributed by atoms with Crippen molar-refractivity contribution >= 4 is 22.8 Å². The number of hydrogen-bond acceptors (Lipinski definition) is 5. The van der Waals surface area contributed by atoms with E-state index in [4.69, 9.17) is 9.84 Å². The van der Waals surface area contributed by atoms with Crippen molar-refractivity contribution in [3.05, 3.63) is 36.0 Å². The number of hydrazine groups is 1. The van der Waals surface area contributed by atoms with Gasteiger partial charge in [-0.25, -0.2) is 10.4 Å². The molecule has 0 saturated heterocycles. The Morgan fingerprint density at radius 3 is 2.71 bits per heavy atom. The lowest BCUT2D eigenvalue weighted by molar-refractivity contribution is -0.139. The van der Waals surface area contributed by atoms with Crippen molar-refractivity contribution in [2.75, 3.05) is 7.11 Å². The Kier molecular flexibility index (Phi) is 4.34. The molecule has 0 fully saturated rings. The zero-order valence-corrected chi connectivity index (χ0v) is 11.6. The molecule has 21 heavy (non-hydrogen) atoms. The Labute approximate surface area is 120 Å². The summed E-state index contributed by atoms with van der Waals surface area (Å²) in [6, 6.07) is 7.86. The smallest absolute Gasteiger partial charge is 0.322 e. The molecule has 110 valence electrons. The fraction of sp³-hybridized carbons (Fsp3) is 0.214. The molecule has 0 aliphatic heterocycles. The number of ether oxygens (including phenoxy) is 1. The number of aliphatic carboxylic acids is 1. The average Bonchev–Trinajstić information content (AvgIpc) is 2.50. The van der Waals surface area contributed by atoms with Gasteiger partial charge in [0.25, 0.3) is 5.91 Å². The molecular weight excluding hydrogens is 274 g/mol. The van der Waals surface area contributed by atoms with Crippen molar-refractivity contribution in [1.29, 1.82) is 0 Å². The molecule has 0 aliphatic carbocycles. The van der Waals surface area contributed by atoms with Gasteiger partial charge in [-0.2, -0.15) is 0 Å². The van der Waals surface area contributed by atoms with Crippen LogP contribution in [0.2, 0.25) is 0 Å². The zero-order valence-electron chi connectivity index (χ0n) is 11.6. The normalized spacial score (nSPS) is 11.9. The second kappa shape index (κ2) is 6.19. The second-order valence-electron chi connectivity index (χ2n) is 4.39. The largest absolute Gasteiger partial charge is 0.496 e. The van der Waals surface area contributed by atoms with E-state index in [2.05, 4.69) is 15.8 Å². The molecule has 2 aromatic rings. The van der Waals surface area contributed by atoms with Crippen LogP contribution in [0.25, 0.3) is 10.9 Å². The fourth-order valence-electron chi connectivity index (χ4n) is 1.73. The van der Waals surface area contributed by atoms with Crippen LogP contribution in [0.3, 0.4) is 0 Å². The number of carbonyl (C=O) groups is 2. The number of fused-ring (bicyclic) bond motifs is 1. The first-order valence-corrected chi connectivity index (χ1v) is 6.25. The number of benzene rings is 1. The summed E-state index contributed by atoms with van der Waals surface area (Å²) in [7, 11) is 1.51. The summed E-state index contributed by atoms with van der Waals surface area (Å²) in [5.41, 5.74) is 5.45. The van der Waals surface area contributed by atoms with Crippen molar-refractivity contribution in [3.8, 4) is 5.75 Å². The Bertz CT molecular complexity index is 687. The van der Waals surface area contributed by atoms with Crippen molar-refractivity contribution in [2.24, 2.45) is 0 Å². The number of carbonyl (C=O) groups excluding carboxylic acids is 1. The first kappa shape index (κ1) is 14.7. The van der Waals surface area contributed by atoms with Gasteiger partial charge in [0.2, 0.25) is 0 Å². The number of nitrogens with one attached hydrogen (secondary N) is 2. The van der Waals surface area contributed by atoms with Crippen LogP contribution in [0.15, 0.2) is 30.3 Å². The molecule has 7 nitrogen and oxygen atoms in total. The summed E-state index contributed by atoms with van der Waals surface area (Å²) in [6.45, 7) is 1.41. The van der Waals surface area contributed by atoms with E-state index >= 15 is 0 Å². The van der Waals surface area contributed by atoms with Gasteiger partial charge >= 0.3 is 5.97 Å².